The van der Waals surface area contributed by atoms with E-state index >= 15 is 0 Å². The zero-order valence-corrected chi connectivity index (χ0v) is 9.70. The van der Waals surface area contributed by atoms with Crippen LogP contribution in [0, 0.1) is 0 Å². The molecule has 0 aromatic carbocycles. The molecule has 0 aliphatic heterocycles. The molecule has 1 amide bonds. The van der Waals surface area contributed by atoms with Crippen molar-refractivity contribution in [3.8, 4) is 0 Å². The highest BCUT2D eigenvalue weighted by atomic mass is 16.5. The predicted molar refractivity (Wildman–Crippen MR) is 58.6 cm³/mol. The van der Waals surface area contributed by atoms with Gasteiger partial charge in [0, 0.05) is 33.7 Å². The number of ether oxygens (including phenoxy) is 2. The summed E-state index contributed by atoms with van der Waals surface area (Å²) in [5.74, 6) is 0.120. The van der Waals surface area contributed by atoms with Crippen molar-refractivity contribution in [3.05, 3.63) is 0 Å². The van der Waals surface area contributed by atoms with Gasteiger partial charge in [-0.05, 0) is 13.0 Å². The van der Waals surface area contributed by atoms with E-state index in [2.05, 4.69) is 0 Å². The number of hydrogen-bond acceptors (Lipinski definition) is 4. The fraction of sp³-hybridized carbons (Fsp3) is 0.900. The molecule has 15 heavy (non-hydrogen) atoms. The highest BCUT2D eigenvalue weighted by Gasteiger charge is 2.11. The van der Waals surface area contributed by atoms with Gasteiger partial charge in [0.25, 0.3) is 0 Å². The lowest BCUT2D eigenvalue weighted by atomic mass is 10.2. The molecule has 90 valence electrons. The van der Waals surface area contributed by atoms with E-state index in [1.54, 1.807) is 19.1 Å². The molecule has 5 heteroatoms. The summed E-state index contributed by atoms with van der Waals surface area (Å²) < 4.78 is 9.90. The maximum atomic E-state index is 11.7. The standard InChI is InChI=1S/C10H22N2O3/c1-14-8-6-12(7-9-15-2)10(13)4-3-5-11/h3-9,11H2,1-2H3. The molecule has 0 rings (SSSR count). The monoisotopic (exact) mass is 218 g/mol. The SMILES string of the molecule is COCCN(CCOC)C(=O)CCCN. The number of amides is 1. The maximum Gasteiger partial charge on any atom is 0.222 e. The van der Waals surface area contributed by atoms with E-state index in [0.717, 1.165) is 6.42 Å². The number of carbonyl (C=O) groups is 1. The van der Waals surface area contributed by atoms with Crippen LogP contribution < -0.4 is 5.73 Å². The maximum absolute atomic E-state index is 11.7. The van der Waals surface area contributed by atoms with Gasteiger partial charge in [-0.15, -0.1) is 0 Å². The Balaban J connectivity index is 3.90. The average Bonchev–Trinajstić information content (AvgIpc) is 2.26. The van der Waals surface area contributed by atoms with E-state index in [1.807, 2.05) is 0 Å². The zero-order chi connectivity index (χ0) is 11.5. The van der Waals surface area contributed by atoms with Gasteiger partial charge in [-0.1, -0.05) is 0 Å². The molecule has 0 radical (unpaired) electrons. The molecule has 0 bridgehead atoms. The first-order valence-corrected chi connectivity index (χ1v) is 5.22. The Hall–Kier alpha value is -0.650. The van der Waals surface area contributed by atoms with Gasteiger partial charge in [0.15, 0.2) is 0 Å². The van der Waals surface area contributed by atoms with Gasteiger partial charge >= 0.3 is 0 Å². The average molecular weight is 218 g/mol. The Kier molecular flexibility index (Phi) is 9.46. The number of rotatable bonds is 9. The third kappa shape index (κ3) is 7.30. The summed E-state index contributed by atoms with van der Waals surface area (Å²) in [6, 6.07) is 0. The summed E-state index contributed by atoms with van der Waals surface area (Å²) in [5, 5.41) is 0. The molecule has 0 spiro atoms. The van der Waals surface area contributed by atoms with Gasteiger partial charge in [-0.2, -0.15) is 0 Å². The Labute approximate surface area is 91.5 Å². The van der Waals surface area contributed by atoms with Crippen LogP contribution in [0.15, 0.2) is 0 Å². The molecule has 0 heterocycles. The lowest BCUT2D eigenvalue weighted by molar-refractivity contribution is -0.132. The largest absolute Gasteiger partial charge is 0.383 e. The van der Waals surface area contributed by atoms with Gasteiger partial charge in [0.1, 0.15) is 0 Å². The summed E-state index contributed by atoms with van der Waals surface area (Å²) in [5.41, 5.74) is 5.36. The summed E-state index contributed by atoms with van der Waals surface area (Å²) in [4.78, 5) is 13.4. The van der Waals surface area contributed by atoms with Gasteiger partial charge in [0.2, 0.25) is 5.91 Å². The fourth-order valence-corrected chi connectivity index (χ4v) is 1.18. The van der Waals surface area contributed by atoms with Gasteiger partial charge in [-0.3, -0.25) is 4.79 Å². The van der Waals surface area contributed by atoms with Crippen LogP contribution in [0.1, 0.15) is 12.8 Å². The van der Waals surface area contributed by atoms with Crippen LogP contribution in [-0.2, 0) is 14.3 Å². The number of hydrogen-bond donors (Lipinski definition) is 1. The van der Waals surface area contributed by atoms with Crippen molar-refractivity contribution in [2.75, 3.05) is 47.1 Å². The molecule has 0 saturated carbocycles. The van der Waals surface area contributed by atoms with Crippen LogP contribution >= 0.6 is 0 Å². The van der Waals surface area contributed by atoms with Gasteiger partial charge < -0.3 is 20.1 Å². The first-order valence-electron chi connectivity index (χ1n) is 5.22. The minimum absolute atomic E-state index is 0.120. The zero-order valence-electron chi connectivity index (χ0n) is 9.70. The van der Waals surface area contributed by atoms with Crippen molar-refractivity contribution in [1.29, 1.82) is 0 Å². The molecule has 0 atom stereocenters. The van der Waals surface area contributed by atoms with Crippen molar-refractivity contribution in [2.45, 2.75) is 12.8 Å². The smallest absolute Gasteiger partial charge is 0.222 e. The normalized spacial score (nSPS) is 10.3. The highest BCUT2D eigenvalue weighted by Crippen LogP contribution is 1.97. The second-order valence-electron chi connectivity index (χ2n) is 3.26. The Bertz CT molecular complexity index is 157. The van der Waals surface area contributed by atoms with Crippen molar-refractivity contribution >= 4 is 5.91 Å². The second kappa shape index (κ2) is 9.89. The summed E-state index contributed by atoms with van der Waals surface area (Å²) in [7, 11) is 3.25. The minimum atomic E-state index is 0.120. The van der Waals surface area contributed by atoms with Crippen LogP contribution in [0.5, 0.6) is 0 Å². The van der Waals surface area contributed by atoms with Crippen molar-refractivity contribution in [1.82, 2.24) is 4.90 Å². The minimum Gasteiger partial charge on any atom is -0.383 e. The Morgan fingerprint density at radius 2 is 1.73 bits per heavy atom. The lowest BCUT2D eigenvalue weighted by Gasteiger charge is -2.21. The van der Waals surface area contributed by atoms with E-state index in [-0.39, 0.29) is 5.91 Å². The second-order valence-corrected chi connectivity index (χ2v) is 3.26. The van der Waals surface area contributed by atoms with Crippen molar-refractivity contribution < 1.29 is 14.3 Å². The molecule has 2 N–H and O–H groups in total. The molecule has 0 aromatic heterocycles. The molecule has 0 unspecified atom stereocenters. The summed E-state index contributed by atoms with van der Waals surface area (Å²) >= 11 is 0. The van der Waals surface area contributed by atoms with Crippen molar-refractivity contribution in [2.24, 2.45) is 5.73 Å². The third-order valence-corrected chi connectivity index (χ3v) is 2.08. The third-order valence-electron chi connectivity index (χ3n) is 2.08. The van der Waals surface area contributed by atoms with E-state index in [0.29, 0.717) is 39.3 Å². The number of nitrogens with two attached hydrogens (primary N) is 1. The topological polar surface area (TPSA) is 64.8 Å². The van der Waals surface area contributed by atoms with Gasteiger partial charge in [0.05, 0.1) is 13.2 Å². The molecule has 5 nitrogen and oxygen atoms in total. The molecule has 0 aromatic rings. The lowest BCUT2D eigenvalue weighted by Crippen LogP contribution is -2.36. The summed E-state index contributed by atoms with van der Waals surface area (Å²) in [6.45, 7) is 2.89. The first-order chi connectivity index (χ1) is 7.26. The van der Waals surface area contributed by atoms with E-state index in [9.17, 15) is 4.79 Å². The van der Waals surface area contributed by atoms with Crippen LogP contribution in [0.4, 0.5) is 0 Å². The highest BCUT2D eigenvalue weighted by molar-refractivity contribution is 5.76. The Morgan fingerprint density at radius 3 is 2.13 bits per heavy atom. The van der Waals surface area contributed by atoms with Gasteiger partial charge in [-0.25, -0.2) is 0 Å². The van der Waals surface area contributed by atoms with E-state index in [1.165, 1.54) is 0 Å². The molecule has 0 aliphatic carbocycles. The Morgan fingerprint density at radius 1 is 1.20 bits per heavy atom. The number of methoxy groups -OCH3 is 2. The summed E-state index contributed by atoms with van der Waals surface area (Å²) in [6.07, 6.45) is 1.24. The first kappa shape index (κ1) is 14.3. The quantitative estimate of drug-likeness (QED) is 0.584. The molecule has 0 fully saturated rings. The number of nitrogens with zero attached hydrogens (tertiary/aromatic N) is 1. The fourth-order valence-electron chi connectivity index (χ4n) is 1.18. The molecular formula is C10H22N2O3. The van der Waals surface area contributed by atoms with E-state index in [4.69, 9.17) is 15.2 Å². The molecule has 0 saturated heterocycles. The predicted octanol–water partition coefficient (Wildman–Crippen LogP) is -0.153. The van der Waals surface area contributed by atoms with Crippen LogP contribution in [0.3, 0.4) is 0 Å². The van der Waals surface area contributed by atoms with Crippen molar-refractivity contribution in [3.63, 3.8) is 0 Å². The number of carbonyl (C=O) groups excluding carboxylic acids is 1. The van der Waals surface area contributed by atoms with Crippen LogP contribution in [-0.4, -0.2) is 57.9 Å². The van der Waals surface area contributed by atoms with E-state index < -0.39 is 0 Å². The molecular weight excluding hydrogens is 196 g/mol. The molecule has 0 aliphatic rings. The van der Waals surface area contributed by atoms with Crippen LogP contribution in [0.25, 0.3) is 0 Å². The van der Waals surface area contributed by atoms with Crippen LogP contribution in [0.2, 0.25) is 0 Å².